The van der Waals surface area contributed by atoms with Crippen LogP contribution in [0.1, 0.15) is 36.3 Å². The zero-order valence-corrected chi connectivity index (χ0v) is 14.7. The molecule has 0 saturated carbocycles. The van der Waals surface area contributed by atoms with Crippen LogP contribution in [-0.2, 0) is 6.18 Å². The monoisotopic (exact) mass is 365 g/mol. The molecule has 3 aliphatic rings. The molecule has 1 heterocycles. The normalized spacial score (nSPS) is 26.2. The topological polar surface area (TPSA) is 3.24 Å². The fraction of sp³-hybridized carbons (Fsp3) is 0.400. The molecule has 0 bridgehead atoms. The van der Waals surface area contributed by atoms with Gasteiger partial charge in [0.1, 0.15) is 0 Å². The average molecular weight is 366 g/mol. The number of rotatable bonds is 1. The van der Waals surface area contributed by atoms with Crippen LogP contribution in [0.5, 0.6) is 0 Å². The van der Waals surface area contributed by atoms with Crippen LogP contribution in [0.3, 0.4) is 0 Å². The van der Waals surface area contributed by atoms with E-state index in [2.05, 4.69) is 18.0 Å². The Labute approximate surface area is 150 Å². The molecule has 1 aromatic rings. The van der Waals surface area contributed by atoms with E-state index >= 15 is 0 Å². The van der Waals surface area contributed by atoms with Crippen molar-refractivity contribution >= 4 is 11.6 Å². The van der Waals surface area contributed by atoms with Gasteiger partial charge in [-0.1, -0.05) is 29.8 Å². The molecular formula is C20H19ClF3N. The number of alkyl halides is 3. The lowest BCUT2D eigenvalue weighted by Gasteiger charge is -2.35. The minimum absolute atomic E-state index is 0.121. The summed E-state index contributed by atoms with van der Waals surface area (Å²) in [7, 11) is 2.10. The van der Waals surface area contributed by atoms with Gasteiger partial charge in [0.2, 0.25) is 0 Å². The third-order valence-corrected chi connectivity index (χ3v) is 5.81. The highest BCUT2D eigenvalue weighted by Gasteiger charge is 2.43. The maximum Gasteiger partial charge on any atom is 0.416 e. The van der Waals surface area contributed by atoms with Gasteiger partial charge in [-0.05, 0) is 47.8 Å². The Hall–Kier alpha value is -1.68. The second-order valence-corrected chi connectivity index (χ2v) is 7.53. The lowest BCUT2D eigenvalue weighted by molar-refractivity contribution is -0.137. The molecule has 132 valence electrons. The minimum atomic E-state index is -4.30. The van der Waals surface area contributed by atoms with E-state index in [-0.39, 0.29) is 5.92 Å². The second-order valence-electron chi connectivity index (χ2n) is 7.04. The first kappa shape index (κ1) is 16.8. The highest BCUT2D eigenvalue weighted by atomic mass is 35.5. The number of hydrogen-bond acceptors (Lipinski definition) is 1. The van der Waals surface area contributed by atoms with Gasteiger partial charge in [0, 0.05) is 42.6 Å². The van der Waals surface area contributed by atoms with Crippen molar-refractivity contribution in [1.29, 1.82) is 0 Å². The standard InChI is InChI=1S/C20H19ClF3N/c1-25-10-2-3-16-18(12-4-6-13(7-5-12)20(22,23)24)15-9-8-14(21)11-17(15)19(16)25/h4-9,16,18H,2-3,10-11H2,1H3. The van der Waals surface area contributed by atoms with Crippen LogP contribution < -0.4 is 0 Å². The summed E-state index contributed by atoms with van der Waals surface area (Å²) >= 11 is 6.27. The van der Waals surface area contributed by atoms with Crippen molar-refractivity contribution in [3.05, 3.63) is 69.4 Å². The molecule has 1 fully saturated rings. The number of piperidine rings is 1. The predicted octanol–water partition coefficient (Wildman–Crippen LogP) is 5.85. The molecule has 2 aliphatic carbocycles. The van der Waals surface area contributed by atoms with Gasteiger partial charge in [0.05, 0.1) is 5.56 Å². The maximum absolute atomic E-state index is 12.9. The zero-order chi connectivity index (χ0) is 17.8. The number of hydrogen-bond donors (Lipinski definition) is 0. The quantitative estimate of drug-likeness (QED) is 0.603. The summed E-state index contributed by atoms with van der Waals surface area (Å²) in [5, 5.41) is 0.817. The molecule has 1 aliphatic heterocycles. The molecule has 0 N–H and O–H groups in total. The first-order chi connectivity index (χ1) is 11.9. The van der Waals surface area contributed by atoms with Crippen molar-refractivity contribution < 1.29 is 13.2 Å². The molecule has 0 spiro atoms. The molecule has 2 atom stereocenters. The minimum Gasteiger partial charge on any atom is -0.377 e. The van der Waals surface area contributed by atoms with Crippen LogP contribution >= 0.6 is 11.6 Å². The molecule has 0 amide bonds. The Balaban J connectivity index is 1.77. The van der Waals surface area contributed by atoms with E-state index in [0.717, 1.165) is 36.4 Å². The average Bonchev–Trinajstić information content (AvgIpc) is 2.89. The van der Waals surface area contributed by atoms with Crippen LogP contribution in [0.4, 0.5) is 13.2 Å². The molecule has 1 aromatic carbocycles. The van der Waals surface area contributed by atoms with Gasteiger partial charge in [-0.3, -0.25) is 0 Å². The number of benzene rings is 1. The number of likely N-dealkylation sites (tertiary alicyclic amines) is 1. The van der Waals surface area contributed by atoms with E-state index in [1.54, 1.807) is 12.1 Å². The van der Waals surface area contributed by atoms with E-state index in [0.29, 0.717) is 5.92 Å². The number of allylic oxidation sites excluding steroid dienone is 6. The summed E-state index contributed by atoms with van der Waals surface area (Å²) in [4.78, 5) is 2.30. The Morgan fingerprint density at radius 3 is 2.52 bits per heavy atom. The van der Waals surface area contributed by atoms with E-state index in [9.17, 15) is 13.2 Å². The van der Waals surface area contributed by atoms with Gasteiger partial charge in [-0.2, -0.15) is 13.2 Å². The van der Waals surface area contributed by atoms with Crippen molar-refractivity contribution in [2.24, 2.45) is 5.92 Å². The fourth-order valence-corrected chi connectivity index (χ4v) is 4.71. The number of nitrogens with zero attached hydrogens (tertiary/aromatic N) is 1. The molecule has 1 nitrogen and oxygen atoms in total. The second kappa shape index (κ2) is 5.94. The lowest BCUT2D eigenvalue weighted by Crippen LogP contribution is -2.30. The van der Waals surface area contributed by atoms with Gasteiger partial charge < -0.3 is 4.90 Å². The van der Waals surface area contributed by atoms with Crippen molar-refractivity contribution in [2.45, 2.75) is 31.4 Å². The molecule has 1 saturated heterocycles. The molecule has 25 heavy (non-hydrogen) atoms. The predicted molar refractivity (Wildman–Crippen MR) is 93.2 cm³/mol. The van der Waals surface area contributed by atoms with Gasteiger partial charge in [-0.25, -0.2) is 0 Å². The Morgan fingerprint density at radius 2 is 1.84 bits per heavy atom. The Kier molecular flexibility index (Phi) is 3.99. The molecule has 0 aromatic heterocycles. The van der Waals surface area contributed by atoms with Crippen molar-refractivity contribution in [3.8, 4) is 0 Å². The van der Waals surface area contributed by atoms with Crippen LogP contribution in [-0.4, -0.2) is 18.5 Å². The summed E-state index contributed by atoms with van der Waals surface area (Å²) in [6.07, 6.45) is 2.57. The number of halogens is 4. The van der Waals surface area contributed by atoms with Crippen molar-refractivity contribution in [3.63, 3.8) is 0 Å². The number of fused-ring (bicyclic) bond motifs is 2. The van der Waals surface area contributed by atoms with E-state index in [1.165, 1.54) is 29.0 Å². The molecule has 0 radical (unpaired) electrons. The summed E-state index contributed by atoms with van der Waals surface area (Å²) in [5.74, 6) is 0.448. The van der Waals surface area contributed by atoms with Gasteiger partial charge in [0.25, 0.3) is 0 Å². The summed E-state index contributed by atoms with van der Waals surface area (Å²) in [5.41, 5.74) is 4.18. The van der Waals surface area contributed by atoms with Gasteiger partial charge >= 0.3 is 6.18 Å². The first-order valence-corrected chi connectivity index (χ1v) is 8.92. The zero-order valence-electron chi connectivity index (χ0n) is 13.9. The molecule has 5 heteroatoms. The lowest BCUT2D eigenvalue weighted by atomic mass is 9.79. The third kappa shape index (κ3) is 2.80. The van der Waals surface area contributed by atoms with E-state index in [4.69, 9.17) is 11.6 Å². The van der Waals surface area contributed by atoms with Gasteiger partial charge in [0.15, 0.2) is 0 Å². The fourth-order valence-electron chi connectivity index (χ4n) is 4.52. The third-order valence-electron chi connectivity index (χ3n) is 5.55. The summed E-state index contributed by atoms with van der Waals surface area (Å²) in [6.45, 7) is 1.02. The Morgan fingerprint density at radius 1 is 1.12 bits per heavy atom. The maximum atomic E-state index is 12.9. The van der Waals surface area contributed by atoms with Crippen LogP contribution in [0, 0.1) is 5.92 Å². The summed E-state index contributed by atoms with van der Waals surface area (Å²) < 4.78 is 38.6. The van der Waals surface area contributed by atoms with Crippen molar-refractivity contribution in [2.75, 3.05) is 13.6 Å². The largest absolute Gasteiger partial charge is 0.416 e. The van der Waals surface area contributed by atoms with Crippen LogP contribution in [0.2, 0.25) is 0 Å². The van der Waals surface area contributed by atoms with E-state index < -0.39 is 11.7 Å². The van der Waals surface area contributed by atoms with E-state index in [1.807, 2.05) is 6.08 Å². The molecule has 2 unspecified atom stereocenters. The highest BCUT2D eigenvalue weighted by molar-refractivity contribution is 6.30. The smallest absolute Gasteiger partial charge is 0.377 e. The van der Waals surface area contributed by atoms with Crippen molar-refractivity contribution in [1.82, 2.24) is 4.90 Å². The molecule has 4 rings (SSSR count). The SMILES string of the molecule is CN1CCCC2C1=C1CC(Cl)=CC=C1C2c1ccc(C(F)(F)F)cc1. The Bertz CT molecular complexity index is 786. The first-order valence-electron chi connectivity index (χ1n) is 8.54. The van der Waals surface area contributed by atoms with Crippen LogP contribution in [0.25, 0.3) is 0 Å². The van der Waals surface area contributed by atoms with Crippen LogP contribution in [0.15, 0.2) is 58.3 Å². The van der Waals surface area contributed by atoms with Gasteiger partial charge in [-0.15, -0.1) is 0 Å². The molecular weight excluding hydrogens is 347 g/mol. The summed E-state index contributed by atoms with van der Waals surface area (Å²) in [6, 6.07) is 5.68. The highest BCUT2D eigenvalue weighted by Crippen LogP contribution is 2.54.